The molecule has 2 rings (SSSR count). The molecule has 21 heavy (non-hydrogen) atoms. The summed E-state index contributed by atoms with van der Waals surface area (Å²) in [6.07, 6.45) is 0.911. The number of Topliss-reactive ketones (excluding diaryl/α,β-unsaturated/α-hetero) is 1. The Kier molecular flexibility index (Phi) is 7.44. The Hall–Kier alpha value is -1.35. The highest BCUT2D eigenvalue weighted by molar-refractivity contribution is 6.30. The Balaban J connectivity index is 0.00000220. The summed E-state index contributed by atoms with van der Waals surface area (Å²) < 4.78 is 0. The molecule has 1 atom stereocenters. The van der Waals surface area contributed by atoms with Gasteiger partial charge in [0, 0.05) is 16.6 Å². The predicted molar refractivity (Wildman–Crippen MR) is 90.6 cm³/mol. The lowest BCUT2D eigenvalue weighted by molar-refractivity contribution is 0.0988. The maximum atomic E-state index is 12.0. The van der Waals surface area contributed by atoms with Crippen molar-refractivity contribution in [2.75, 3.05) is 6.54 Å². The second-order valence-electron chi connectivity index (χ2n) is 4.90. The molecule has 2 nitrogen and oxygen atoms in total. The molecule has 1 unspecified atom stereocenters. The number of halogens is 2. The molecule has 0 spiro atoms. The van der Waals surface area contributed by atoms with Crippen LogP contribution >= 0.6 is 24.0 Å². The van der Waals surface area contributed by atoms with E-state index >= 15 is 0 Å². The Morgan fingerprint density at radius 3 is 2.33 bits per heavy atom. The van der Waals surface area contributed by atoms with Gasteiger partial charge >= 0.3 is 0 Å². The summed E-state index contributed by atoms with van der Waals surface area (Å²) in [4.78, 5) is 12.0. The van der Waals surface area contributed by atoms with Crippen LogP contribution in [0.4, 0.5) is 0 Å². The molecule has 112 valence electrons. The molecule has 0 fully saturated rings. The first-order chi connectivity index (χ1) is 9.65. The summed E-state index contributed by atoms with van der Waals surface area (Å²) in [5.74, 6) is 0.0848. The monoisotopic (exact) mass is 323 g/mol. The molecule has 0 amide bonds. The highest BCUT2D eigenvalue weighted by Gasteiger charge is 2.08. The quantitative estimate of drug-likeness (QED) is 0.808. The van der Waals surface area contributed by atoms with Gasteiger partial charge in [-0.3, -0.25) is 4.79 Å². The summed E-state index contributed by atoms with van der Waals surface area (Å²) in [5.41, 5.74) is 1.96. The Morgan fingerprint density at radius 1 is 1.10 bits per heavy atom. The van der Waals surface area contributed by atoms with Crippen LogP contribution in [-0.2, 0) is 6.42 Å². The van der Waals surface area contributed by atoms with E-state index in [9.17, 15) is 4.79 Å². The summed E-state index contributed by atoms with van der Waals surface area (Å²) in [5, 5.41) is 3.91. The van der Waals surface area contributed by atoms with Crippen molar-refractivity contribution in [2.24, 2.45) is 0 Å². The van der Waals surface area contributed by atoms with E-state index in [-0.39, 0.29) is 24.2 Å². The first kappa shape index (κ1) is 17.7. The first-order valence-electron chi connectivity index (χ1n) is 6.71. The van der Waals surface area contributed by atoms with Crippen LogP contribution < -0.4 is 5.32 Å². The molecular weight excluding hydrogens is 305 g/mol. The maximum Gasteiger partial charge on any atom is 0.176 e. The normalized spacial score (nSPS) is 11.5. The Morgan fingerprint density at radius 2 is 1.71 bits per heavy atom. The van der Waals surface area contributed by atoms with Gasteiger partial charge < -0.3 is 5.32 Å². The van der Waals surface area contributed by atoms with Crippen molar-refractivity contribution in [1.29, 1.82) is 0 Å². The van der Waals surface area contributed by atoms with Gasteiger partial charge in [0.15, 0.2) is 5.78 Å². The number of rotatable bonds is 6. The lowest BCUT2D eigenvalue weighted by Crippen LogP contribution is -2.33. The molecule has 2 aromatic carbocycles. The van der Waals surface area contributed by atoms with Crippen molar-refractivity contribution in [3.8, 4) is 0 Å². The molecule has 0 bridgehead atoms. The zero-order chi connectivity index (χ0) is 14.4. The molecule has 0 saturated heterocycles. The van der Waals surface area contributed by atoms with Crippen molar-refractivity contribution < 1.29 is 4.79 Å². The highest BCUT2D eigenvalue weighted by atomic mass is 35.5. The number of hydrogen-bond donors (Lipinski definition) is 1. The van der Waals surface area contributed by atoms with Crippen LogP contribution in [0.15, 0.2) is 54.6 Å². The van der Waals surface area contributed by atoms with E-state index in [2.05, 4.69) is 24.4 Å². The summed E-state index contributed by atoms with van der Waals surface area (Å²) >= 11 is 5.81. The van der Waals surface area contributed by atoms with Gasteiger partial charge in [-0.05, 0) is 43.2 Å². The van der Waals surface area contributed by atoms with Crippen molar-refractivity contribution in [1.82, 2.24) is 5.32 Å². The third-order valence-electron chi connectivity index (χ3n) is 3.16. The zero-order valence-corrected chi connectivity index (χ0v) is 13.5. The third-order valence-corrected chi connectivity index (χ3v) is 3.41. The fraction of sp³-hybridized carbons (Fsp3) is 0.235. The van der Waals surface area contributed by atoms with E-state index in [1.165, 1.54) is 5.56 Å². The molecule has 0 saturated carbocycles. The molecular formula is C17H19Cl2NO. The molecule has 0 aliphatic carbocycles. The van der Waals surface area contributed by atoms with Gasteiger partial charge in [0.1, 0.15) is 0 Å². The van der Waals surface area contributed by atoms with E-state index in [1.807, 2.05) is 18.2 Å². The number of nitrogens with one attached hydrogen (secondary N) is 1. The van der Waals surface area contributed by atoms with Crippen LogP contribution in [0, 0.1) is 0 Å². The van der Waals surface area contributed by atoms with Gasteiger partial charge in [-0.2, -0.15) is 0 Å². The average Bonchev–Trinajstić information content (AvgIpc) is 2.46. The third kappa shape index (κ3) is 5.88. The smallest absolute Gasteiger partial charge is 0.176 e. The van der Waals surface area contributed by atoms with Crippen molar-refractivity contribution in [2.45, 2.75) is 19.4 Å². The minimum absolute atomic E-state index is 0. The standard InChI is InChI=1S/C17H18ClNO.ClH/c1-13(11-14-5-3-2-4-6-14)19-12-17(20)15-7-9-16(18)10-8-15;/h2-10,13,19H,11-12H2,1H3;1H. The van der Waals surface area contributed by atoms with Gasteiger partial charge in [-0.15, -0.1) is 12.4 Å². The maximum absolute atomic E-state index is 12.0. The van der Waals surface area contributed by atoms with Crippen LogP contribution in [0.25, 0.3) is 0 Å². The van der Waals surface area contributed by atoms with Crippen LogP contribution in [0.5, 0.6) is 0 Å². The largest absolute Gasteiger partial charge is 0.307 e. The molecule has 0 aliphatic heterocycles. The van der Waals surface area contributed by atoms with Crippen molar-refractivity contribution >= 4 is 29.8 Å². The zero-order valence-electron chi connectivity index (χ0n) is 11.9. The molecule has 0 aromatic heterocycles. The fourth-order valence-corrected chi connectivity index (χ4v) is 2.17. The van der Waals surface area contributed by atoms with Gasteiger partial charge in [0.2, 0.25) is 0 Å². The minimum Gasteiger partial charge on any atom is -0.307 e. The van der Waals surface area contributed by atoms with E-state index in [4.69, 9.17) is 11.6 Å². The predicted octanol–water partition coefficient (Wildman–Crippen LogP) is 4.17. The highest BCUT2D eigenvalue weighted by Crippen LogP contribution is 2.10. The minimum atomic E-state index is 0. The lowest BCUT2D eigenvalue weighted by atomic mass is 10.1. The van der Waals surface area contributed by atoms with Gasteiger partial charge in [-0.1, -0.05) is 41.9 Å². The van der Waals surface area contributed by atoms with Gasteiger partial charge in [-0.25, -0.2) is 0 Å². The molecule has 0 aliphatic rings. The molecule has 1 N–H and O–H groups in total. The summed E-state index contributed by atoms with van der Waals surface area (Å²) in [7, 11) is 0. The van der Waals surface area contributed by atoms with Crippen LogP contribution in [0.2, 0.25) is 5.02 Å². The number of hydrogen-bond acceptors (Lipinski definition) is 2. The Labute approximate surface area is 136 Å². The van der Waals surface area contributed by atoms with E-state index in [0.29, 0.717) is 17.1 Å². The second kappa shape index (κ2) is 8.83. The molecule has 0 heterocycles. The molecule has 0 radical (unpaired) electrons. The number of benzene rings is 2. The Bertz CT molecular complexity index is 555. The number of carbonyl (C=O) groups excluding carboxylic acids is 1. The fourth-order valence-electron chi connectivity index (χ4n) is 2.04. The van der Waals surface area contributed by atoms with Crippen molar-refractivity contribution in [3.05, 3.63) is 70.7 Å². The van der Waals surface area contributed by atoms with Gasteiger partial charge in [0.05, 0.1) is 6.54 Å². The number of carbonyl (C=O) groups is 1. The van der Waals surface area contributed by atoms with E-state index in [1.54, 1.807) is 24.3 Å². The SMILES string of the molecule is CC(Cc1ccccc1)NCC(=O)c1ccc(Cl)cc1.Cl. The van der Waals surface area contributed by atoms with Crippen molar-refractivity contribution in [3.63, 3.8) is 0 Å². The first-order valence-corrected chi connectivity index (χ1v) is 7.09. The summed E-state index contributed by atoms with van der Waals surface area (Å²) in [6.45, 7) is 2.43. The topological polar surface area (TPSA) is 29.1 Å². The van der Waals surface area contributed by atoms with Gasteiger partial charge in [0.25, 0.3) is 0 Å². The van der Waals surface area contributed by atoms with Crippen LogP contribution in [-0.4, -0.2) is 18.4 Å². The lowest BCUT2D eigenvalue weighted by Gasteiger charge is -2.13. The number of ketones is 1. The molecule has 2 aromatic rings. The van der Waals surface area contributed by atoms with Crippen LogP contribution in [0.1, 0.15) is 22.8 Å². The average molecular weight is 324 g/mol. The van der Waals surface area contributed by atoms with Crippen LogP contribution in [0.3, 0.4) is 0 Å². The van der Waals surface area contributed by atoms with E-state index in [0.717, 1.165) is 6.42 Å². The second-order valence-corrected chi connectivity index (χ2v) is 5.34. The van der Waals surface area contributed by atoms with E-state index < -0.39 is 0 Å². The summed E-state index contributed by atoms with van der Waals surface area (Å²) in [6, 6.07) is 17.5. The molecule has 4 heteroatoms.